The largest absolute Gasteiger partial charge is 0.444 e. The minimum atomic E-state index is -0.556. The monoisotopic (exact) mass is 399 g/mol. The maximum atomic E-state index is 12.7. The second kappa shape index (κ2) is 10.9. The van der Waals surface area contributed by atoms with Crippen molar-refractivity contribution in [1.29, 1.82) is 0 Å². The quantitative estimate of drug-likeness (QED) is 0.694. The van der Waals surface area contributed by atoms with E-state index in [1.165, 1.54) is 5.56 Å². The van der Waals surface area contributed by atoms with Crippen molar-refractivity contribution in [2.24, 2.45) is 0 Å². The first kappa shape index (κ1) is 22.8. The summed E-state index contributed by atoms with van der Waals surface area (Å²) in [5, 5.41) is 9.34. The highest BCUT2D eigenvalue weighted by Gasteiger charge is 2.22. The van der Waals surface area contributed by atoms with E-state index in [9.17, 15) is 9.90 Å². The zero-order valence-electron chi connectivity index (χ0n) is 18.0. The zero-order valence-corrected chi connectivity index (χ0v) is 18.0. The molecular weight excluding hydrogens is 366 g/mol. The van der Waals surface area contributed by atoms with E-state index in [0.29, 0.717) is 13.1 Å². The summed E-state index contributed by atoms with van der Waals surface area (Å²) in [6.45, 7) is 8.19. The number of benzene rings is 1. The van der Waals surface area contributed by atoms with Gasteiger partial charge in [-0.25, -0.2) is 4.79 Å². The first-order valence-corrected chi connectivity index (χ1v) is 10.0. The van der Waals surface area contributed by atoms with Crippen LogP contribution in [0.5, 0.6) is 0 Å². The van der Waals surface area contributed by atoms with Gasteiger partial charge in [0.05, 0.1) is 18.8 Å². The Morgan fingerprint density at radius 1 is 1.07 bits per heavy atom. The molecule has 0 aliphatic heterocycles. The molecule has 0 radical (unpaired) electrons. The molecule has 0 unspecified atom stereocenters. The number of carbonyl (C=O) groups excluding carboxylic acids is 1. The summed E-state index contributed by atoms with van der Waals surface area (Å²) in [7, 11) is 2.08. The fourth-order valence-electron chi connectivity index (χ4n) is 2.98. The molecule has 2 aromatic rings. The SMILES string of the molecule is CN(CCCN(Cc1cc(CO)ccn1)C(=O)OC(C)(C)C)Cc1ccccc1. The molecule has 0 aliphatic rings. The van der Waals surface area contributed by atoms with Crippen LogP contribution in [0.15, 0.2) is 48.7 Å². The lowest BCUT2D eigenvalue weighted by Gasteiger charge is -2.28. The molecule has 0 spiro atoms. The van der Waals surface area contributed by atoms with E-state index in [1.54, 1.807) is 17.2 Å². The summed E-state index contributed by atoms with van der Waals surface area (Å²) in [6.07, 6.45) is 2.13. The number of aliphatic hydroxyl groups is 1. The predicted molar refractivity (Wildman–Crippen MR) is 114 cm³/mol. The Morgan fingerprint density at radius 2 is 1.79 bits per heavy atom. The van der Waals surface area contributed by atoms with Crippen LogP contribution in [-0.2, 0) is 24.4 Å². The summed E-state index contributed by atoms with van der Waals surface area (Å²) in [5.41, 5.74) is 2.23. The Labute approximate surface area is 174 Å². The number of carbonyl (C=O) groups is 1. The van der Waals surface area contributed by atoms with E-state index >= 15 is 0 Å². The van der Waals surface area contributed by atoms with Gasteiger partial charge in [0.2, 0.25) is 0 Å². The fraction of sp³-hybridized carbons (Fsp3) is 0.478. The number of pyridine rings is 1. The molecule has 0 saturated heterocycles. The molecule has 1 heterocycles. The molecule has 29 heavy (non-hydrogen) atoms. The van der Waals surface area contributed by atoms with Gasteiger partial charge in [0.25, 0.3) is 0 Å². The molecule has 1 N–H and O–H groups in total. The molecule has 0 aliphatic carbocycles. The predicted octanol–water partition coefficient (Wildman–Crippen LogP) is 3.83. The van der Waals surface area contributed by atoms with E-state index in [4.69, 9.17) is 4.74 Å². The van der Waals surface area contributed by atoms with Crippen molar-refractivity contribution in [2.45, 2.75) is 52.5 Å². The Morgan fingerprint density at radius 3 is 2.45 bits per heavy atom. The molecule has 2 rings (SSSR count). The molecular formula is C23H33N3O3. The summed E-state index contributed by atoms with van der Waals surface area (Å²) >= 11 is 0. The van der Waals surface area contributed by atoms with E-state index in [1.807, 2.05) is 45.0 Å². The van der Waals surface area contributed by atoms with Crippen molar-refractivity contribution in [3.63, 3.8) is 0 Å². The maximum absolute atomic E-state index is 12.7. The van der Waals surface area contributed by atoms with Crippen LogP contribution in [0.25, 0.3) is 0 Å². The molecule has 1 amide bonds. The number of amides is 1. The molecule has 0 bridgehead atoms. The fourth-order valence-corrected chi connectivity index (χ4v) is 2.98. The molecule has 0 fully saturated rings. The Hall–Kier alpha value is -2.44. The second-order valence-corrected chi connectivity index (χ2v) is 8.29. The van der Waals surface area contributed by atoms with E-state index in [-0.39, 0.29) is 12.7 Å². The van der Waals surface area contributed by atoms with Crippen molar-refractivity contribution in [1.82, 2.24) is 14.8 Å². The molecule has 0 atom stereocenters. The molecule has 6 nitrogen and oxygen atoms in total. The highest BCUT2D eigenvalue weighted by Crippen LogP contribution is 2.14. The van der Waals surface area contributed by atoms with Gasteiger partial charge in [-0.3, -0.25) is 4.98 Å². The second-order valence-electron chi connectivity index (χ2n) is 8.29. The van der Waals surface area contributed by atoms with Crippen LogP contribution in [0, 0.1) is 0 Å². The van der Waals surface area contributed by atoms with Gasteiger partial charge in [0.1, 0.15) is 5.60 Å². The Kier molecular flexibility index (Phi) is 8.61. The number of aromatic nitrogens is 1. The van der Waals surface area contributed by atoms with Crippen LogP contribution in [0.1, 0.15) is 44.0 Å². The first-order chi connectivity index (χ1) is 13.8. The average Bonchev–Trinajstić information content (AvgIpc) is 2.67. The lowest BCUT2D eigenvalue weighted by Crippen LogP contribution is -2.38. The van der Waals surface area contributed by atoms with Gasteiger partial charge in [0, 0.05) is 19.3 Å². The highest BCUT2D eigenvalue weighted by atomic mass is 16.6. The van der Waals surface area contributed by atoms with Crippen molar-refractivity contribution >= 4 is 6.09 Å². The number of hydrogen-bond acceptors (Lipinski definition) is 5. The molecule has 1 aromatic carbocycles. The van der Waals surface area contributed by atoms with Crippen molar-refractivity contribution in [3.05, 3.63) is 65.5 Å². The van der Waals surface area contributed by atoms with E-state index in [2.05, 4.69) is 29.1 Å². The molecule has 158 valence electrons. The summed E-state index contributed by atoms with van der Waals surface area (Å²) in [4.78, 5) is 21.0. The van der Waals surface area contributed by atoms with Crippen molar-refractivity contribution < 1.29 is 14.6 Å². The average molecular weight is 400 g/mol. The lowest BCUT2D eigenvalue weighted by molar-refractivity contribution is 0.0224. The summed E-state index contributed by atoms with van der Waals surface area (Å²) < 4.78 is 5.58. The van der Waals surface area contributed by atoms with Crippen LogP contribution in [0.4, 0.5) is 4.79 Å². The molecule has 0 saturated carbocycles. The van der Waals surface area contributed by atoms with Crippen LogP contribution in [-0.4, -0.2) is 51.7 Å². The Balaban J connectivity index is 1.96. The van der Waals surface area contributed by atoms with Crippen LogP contribution >= 0.6 is 0 Å². The number of rotatable bonds is 9. The first-order valence-electron chi connectivity index (χ1n) is 10.0. The topological polar surface area (TPSA) is 65.9 Å². The maximum Gasteiger partial charge on any atom is 0.410 e. The van der Waals surface area contributed by atoms with Crippen LogP contribution in [0.2, 0.25) is 0 Å². The van der Waals surface area contributed by atoms with Gasteiger partial charge in [-0.1, -0.05) is 30.3 Å². The van der Waals surface area contributed by atoms with Crippen LogP contribution in [0.3, 0.4) is 0 Å². The minimum Gasteiger partial charge on any atom is -0.444 e. The smallest absolute Gasteiger partial charge is 0.410 e. The van der Waals surface area contributed by atoms with Gasteiger partial charge >= 0.3 is 6.09 Å². The van der Waals surface area contributed by atoms with Gasteiger partial charge in [0.15, 0.2) is 0 Å². The van der Waals surface area contributed by atoms with Crippen LogP contribution < -0.4 is 0 Å². The third kappa shape index (κ3) is 8.62. The van der Waals surface area contributed by atoms with Gasteiger partial charge < -0.3 is 19.6 Å². The number of aliphatic hydroxyl groups excluding tert-OH is 1. The lowest BCUT2D eigenvalue weighted by atomic mass is 10.2. The van der Waals surface area contributed by atoms with Crippen molar-refractivity contribution in [3.8, 4) is 0 Å². The Bertz CT molecular complexity index is 759. The van der Waals surface area contributed by atoms with Crippen molar-refractivity contribution in [2.75, 3.05) is 20.1 Å². The number of hydrogen-bond donors (Lipinski definition) is 1. The third-order valence-electron chi connectivity index (χ3n) is 4.33. The molecule has 1 aromatic heterocycles. The molecule has 6 heteroatoms. The zero-order chi connectivity index (χ0) is 21.3. The van der Waals surface area contributed by atoms with Gasteiger partial charge in [-0.2, -0.15) is 0 Å². The normalized spacial score (nSPS) is 11.5. The number of nitrogens with zero attached hydrogens (tertiary/aromatic N) is 3. The van der Waals surface area contributed by atoms with Gasteiger partial charge in [-0.05, 0) is 64.0 Å². The highest BCUT2D eigenvalue weighted by molar-refractivity contribution is 5.68. The van der Waals surface area contributed by atoms with E-state index < -0.39 is 5.60 Å². The van der Waals surface area contributed by atoms with Gasteiger partial charge in [-0.15, -0.1) is 0 Å². The summed E-state index contributed by atoms with van der Waals surface area (Å²) in [6, 6.07) is 13.9. The van der Waals surface area contributed by atoms with E-state index in [0.717, 1.165) is 30.8 Å². The summed E-state index contributed by atoms with van der Waals surface area (Å²) in [5.74, 6) is 0. The standard InChI is InChI=1S/C23H33N3O3/c1-23(2,3)29-22(28)26(17-21-15-20(18-27)11-12-24-21)14-8-13-25(4)16-19-9-6-5-7-10-19/h5-7,9-12,15,27H,8,13-14,16-18H2,1-4H3. The minimum absolute atomic E-state index is 0.0494. The third-order valence-corrected chi connectivity index (χ3v) is 4.33. The number of ether oxygens (including phenoxy) is 1.